The maximum Gasteiger partial charge on any atom is 0.115 e. The van der Waals surface area contributed by atoms with Crippen LogP contribution < -0.4 is 5.01 Å². The second-order valence-electron chi connectivity index (χ2n) is 8.79. The van der Waals surface area contributed by atoms with Gasteiger partial charge in [-0.3, -0.25) is 5.01 Å². The summed E-state index contributed by atoms with van der Waals surface area (Å²) in [6.45, 7) is 6.69. The van der Waals surface area contributed by atoms with E-state index in [4.69, 9.17) is 5.10 Å². The molecule has 0 amide bonds. The van der Waals surface area contributed by atoms with Gasteiger partial charge in [-0.1, -0.05) is 81.4 Å². The molecule has 1 atom stereocenters. The third kappa shape index (κ3) is 4.46. The molecule has 0 aromatic heterocycles. The van der Waals surface area contributed by atoms with Crippen LogP contribution in [0.5, 0.6) is 5.75 Å². The lowest BCUT2D eigenvalue weighted by Gasteiger charge is -2.24. The van der Waals surface area contributed by atoms with Crippen LogP contribution in [0.4, 0.5) is 5.69 Å². The van der Waals surface area contributed by atoms with Gasteiger partial charge in [0.15, 0.2) is 0 Å². The van der Waals surface area contributed by atoms with E-state index in [0.717, 1.165) is 23.4 Å². The van der Waals surface area contributed by atoms with Gasteiger partial charge < -0.3 is 5.11 Å². The molecule has 152 valence electrons. The molecule has 1 aliphatic rings. The number of allylic oxidation sites excluding steroid dienone is 1. The van der Waals surface area contributed by atoms with Crippen LogP contribution in [0.15, 0.2) is 90.0 Å². The quantitative estimate of drug-likeness (QED) is 0.532. The molecule has 3 aromatic carbocycles. The summed E-state index contributed by atoms with van der Waals surface area (Å²) in [7, 11) is 0. The zero-order valence-electron chi connectivity index (χ0n) is 17.8. The summed E-state index contributed by atoms with van der Waals surface area (Å²) in [5.74, 6) is 0.280. The third-order valence-electron chi connectivity index (χ3n) is 5.48. The molecule has 0 saturated carbocycles. The van der Waals surface area contributed by atoms with Gasteiger partial charge in [-0.15, -0.1) is 0 Å². The van der Waals surface area contributed by atoms with E-state index in [0.29, 0.717) is 0 Å². The summed E-state index contributed by atoms with van der Waals surface area (Å²) < 4.78 is 0. The maximum atomic E-state index is 9.66. The number of para-hydroxylation sites is 1. The summed E-state index contributed by atoms with van der Waals surface area (Å²) in [5.41, 5.74) is 5.90. The lowest BCUT2D eigenvalue weighted by molar-refractivity contribution is 0.475. The topological polar surface area (TPSA) is 35.8 Å². The predicted molar refractivity (Wildman–Crippen MR) is 126 cm³/mol. The van der Waals surface area contributed by atoms with E-state index in [1.807, 2.05) is 30.3 Å². The molecule has 0 bridgehead atoms. The van der Waals surface area contributed by atoms with Gasteiger partial charge in [0.05, 0.1) is 17.4 Å². The molecule has 4 rings (SSSR count). The lowest BCUT2D eigenvalue weighted by atomic mass is 9.87. The van der Waals surface area contributed by atoms with E-state index in [1.165, 1.54) is 11.1 Å². The molecule has 3 aromatic rings. The van der Waals surface area contributed by atoms with Crippen LogP contribution in [-0.2, 0) is 5.41 Å². The Bertz CT molecular complexity index is 1040. The number of aromatic hydroxyl groups is 1. The van der Waals surface area contributed by atoms with E-state index in [9.17, 15) is 5.11 Å². The molecule has 0 radical (unpaired) electrons. The van der Waals surface area contributed by atoms with Gasteiger partial charge >= 0.3 is 0 Å². The maximum absolute atomic E-state index is 9.66. The van der Waals surface area contributed by atoms with Gasteiger partial charge in [-0.2, -0.15) is 5.10 Å². The molecule has 0 aliphatic carbocycles. The fraction of sp³-hybridized carbons (Fsp3) is 0.222. The number of hydrogen-bond donors (Lipinski definition) is 1. The molecule has 1 N–H and O–H groups in total. The fourth-order valence-corrected chi connectivity index (χ4v) is 3.70. The van der Waals surface area contributed by atoms with Crippen molar-refractivity contribution in [2.45, 2.75) is 38.6 Å². The number of phenols is 1. The summed E-state index contributed by atoms with van der Waals surface area (Å²) >= 11 is 0. The van der Waals surface area contributed by atoms with Crippen molar-refractivity contribution in [3.8, 4) is 5.75 Å². The first-order valence-corrected chi connectivity index (χ1v) is 10.4. The first-order valence-electron chi connectivity index (χ1n) is 10.4. The summed E-state index contributed by atoms with van der Waals surface area (Å²) in [5, 5.41) is 16.7. The number of phenolic OH excluding ortho intramolecular Hbond substituents is 1. The van der Waals surface area contributed by atoms with E-state index in [-0.39, 0.29) is 17.2 Å². The van der Waals surface area contributed by atoms with Crippen LogP contribution in [0.25, 0.3) is 6.08 Å². The van der Waals surface area contributed by atoms with Crippen LogP contribution in [0, 0.1) is 0 Å². The van der Waals surface area contributed by atoms with E-state index >= 15 is 0 Å². The van der Waals surface area contributed by atoms with Crippen LogP contribution in [0.3, 0.4) is 0 Å². The zero-order valence-corrected chi connectivity index (χ0v) is 17.8. The van der Waals surface area contributed by atoms with Crippen molar-refractivity contribution < 1.29 is 5.11 Å². The normalized spacial score (nSPS) is 16.8. The monoisotopic (exact) mass is 396 g/mol. The average Bonchev–Trinajstić information content (AvgIpc) is 3.17. The van der Waals surface area contributed by atoms with Crippen LogP contribution >= 0.6 is 0 Å². The van der Waals surface area contributed by atoms with Crippen LogP contribution in [0.1, 0.15) is 49.9 Å². The Kier molecular flexibility index (Phi) is 5.45. The largest absolute Gasteiger partial charge is 0.508 e. The van der Waals surface area contributed by atoms with Crippen molar-refractivity contribution in [1.29, 1.82) is 0 Å². The second kappa shape index (κ2) is 8.19. The highest BCUT2D eigenvalue weighted by Crippen LogP contribution is 2.36. The smallest absolute Gasteiger partial charge is 0.115 e. The predicted octanol–water partition coefficient (Wildman–Crippen LogP) is 6.71. The summed E-state index contributed by atoms with van der Waals surface area (Å²) in [4.78, 5) is 0. The highest BCUT2D eigenvalue weighted by Gasteiger charge is 2.28. The zero-order chi connectivity index (χ0) is 21.1. The minimum absolute atomic E-state index is 0.107. The first kappa shape index (κ1) is 20.0. The lowest BCUT2D eigenvalue weighted by Crippen LogP contribution is -2.18. The third-order valence-corrected chi connectivity index (χ3v) is 5.48. The van der Waals surface area contributed by atoms with Gasteiger partial charge in [0, 0.05) is 6.42 Å². The van der Waals surface area contributed by atoms with E-state index < -0.39 is 0 Å². The number of rotatable bonds is 4. The standard InChI is InChI=1S/C27H28N2O/c1-27(2,3)22-14-9-20(10-15-22)11-16-23-19-26(21-12-17-25(30)18-13-21)29(28-23)24-7-5-4-6-8-24/h4-18,26,30H,19H2,1-3H3. The van der Waals surface area contributed by atoms with Crippen molar-refractivity contribution >= 4 is 17.5 Å². The highest BCUT2D eigenvalue weighted by molar-refractivity contribution is 6.01. The van der Waals surface area contributed by atoms with E-state index in [1.54, 1.807) is 12.1 Å². The first-order chi connectivity index (χ1) is 14.4. The molecular weight excluding hydrogens is 368 g/mol. The van der Waals surface area contributed by atoms with Crippen molar-refractivity contribution in [3.05, 3.63) is 102 Å². The Morgan fingerprint density at radius 3 is 2.17 bits per heavy atom. The summed E-state index contributed by atoms with van der Waals surface area (Å²) in [6.07, 6.45) is 5.06. The fourth-order valence-electron chi connectivity index (χ4n) is 3.70. The SMILES string of the molecule is CC(C)(C)c1ccc(C=CC2=NN(c3ccccc3)C(c3ccc(O)cc3)C2)cc1. The van der Waals surface area contributed by atoms with Crippen LogP contribution in [0.2, 0.25) is 0 Å². The Balaban J connectivity index is 1.59. The van der Waals surface area contributed by atoms with Gasteiger partial charge in [-0.05, 0) is 52.4 Å². The van der Waals surface area contributed by atoms with E-state index in [2.05, 4.69) is 74.3 Å². The highest BCUT2D eigenvalue weighted by atomic mass is 16.3. The van der Waals surface area contributed by atoms with Crippen molar-refractivity contribution in [2.75, 3.05) is 5.01 Å². The number of anilines is 1. The van der Waals surface area contributed by atoms with Gasteiger partial charge in [0.25, 0.3) is 0 Å². The van der Waals surface area contributed by atoms with Crippen LogP contribution in [-0.4, -0.2) is 10.8 Å². The van der Waals surface area contributed by atoms with Gasteiger partial charge in [-0.25, -0.2) is 0 Å². The molecule has 0 fully saturated rings. The Hall–Kier alpha value is -3.33. The minimum atomic E-state index is 0.107. The Labute approximate surface area is 179 Å². The Morgan fingerprint density at radius 2 is 1.53 bits per heavy atom. The molecule has 1 aliphatic heterocycles. The summed E-state index contributed by atoms with van der Waals surface area (Å²) in [6, 6.07) is 26.5. The molecule has 30 heavy (non-hydrogen) atoms. The number of hydrogen-bond acceptors (Lipinski definition) is 3. The number of hydrazone groups is 1. The van der Waals surface area contributed by atoms with Gasteiger partial charge in [0.1, 0.15) is 5.75 Å². The molecule has 1 unspecified atom stereocenters. The van der Waals surface area contributed by atoms with Crippen molar-refractivity contribution in [1.82, 2.24) is 0 Å². The van der Waals surface area contributed by atoms with Crippen molar-refractivity contribution in [2.24, 2.45) is 5.10 Å². The average molecular weight is 397 g/mol. The Morgan fingerprint density at radius 1 is 0.867 bits per heavy atom. The van der Waals surface area contributed by atoms with Crippen molar-refractivity contribution in [3.63, 3.8) is 0 Å². The molecule has 0 spiro atoms. The number of nitrogens with zero attached hydrogens (tertiary/aromatic N) is 2. The number of benzene rings is 3. The molecule has 0 saturated heterocycles. The minimum Gasteiger partial charge on any atom is -0.508 e. The second-order valence-corrected chi connectivity index (χ2v) is 8.79. The molecular formula is C27H28N2O. The molecule has 1 heterocycles. The molecule has 3 nitrogen and oxygen atoms in total. The molecule has 3 heteroatoms. The van der Waals surface area contributed by atoms with Gasteiger partial charge in [0.2, 0.25) is 0 Å².